The van der Waals surface area contributed by atoms with Crippen molar-refractivity contribution in [2.75, 3.05) is 16.7 Å². The van der Waals surface area contributed by atoms with Crippen LogP contribution in [-0.4, -0.2) is 26.5 Å². The molecule has 0 radical (unpaired) electrons. The van der Waals surface area contributed by atoms with Crippen molar-refractivity contribution in [3.05, 3.63) is 109 Å². The Morgan fingerprint density at radius 2 is 1.59 bits per heavy atom. The number of anilines is 2. The maximum Gasteiger partial charge on any atom is 0.321 e. The standard InChI is InChI=1S/C26H24N4O3S/c1-30(26(31)28-19-20-8-7-17-27-18-20)23-15-13-22(14-16-23)29-34(32,33)25-12-6-5-11-24(25)21-9-3-2-4-10-21/h2-18,29H,19H2,1H3,(H,28,31). The summed E-state index contributed by atoms with van der Waals surface area (Å²) in [6, 6.07) is 26.3. The normalized spacial score (nSPS) is 11.0. The molecule has 0 unspecified atom stereocenters. The first kappa shape index (κ1) is 23.0. The number of benzene rings is 3. The predicted molar refractivity (Wildman–Crippen MR) is 134 cm³/mol. The number of hydrogen-bond acceptors (Lipinski definition) is 4. The number of rotatable bonds is 7. The van der Waals surface area contributed by atoms with Crippen LogP contribution in [-0.2, 0) is 16.6 Å². The highest BCUT2D eigenvalue weighted by atomic mass is 32.2. The molecule has 4 aromatic rings. The highest BCUT2D eigenvalue weighted by Crippen LogP contribution is 2.29. The average molecular weight is 473 g/mol. The fraction of sp³-hybridized carbons (Fsp3) is 0.0769. The molecule has 2 N–H and O–H groups in total. The molecule has 0 atom stereocenters. The SMILES string of the molecule is CN(C(=O)NCc1cccnc1)c1ccc(NS(=O)(=O)c2ccccc2-c2ccccc2)cc1. The molecule has 7 nitrogen and oxygen atoms in total. The summed E-state index contributed by atoms with van der Waals surface area (Å²) in [4.78, 5) is 18.1. The molecule has 2 amide bonds. The van der Waals surface area contributed by atoms with Crippen molar-refractivity contribution in [1.82, 2.24) is 10.3 Å². The minimum Gasteiger partial charge on any atom is -0.334 e. The Kier molecular flexibility index (Phi) is 6.89. The van der Waals surface area contributed by atoms with Gasteiger partial charge in [-0.1, -0.05) is 54.6 Å². The van der Waals surface area contributed by atoms with Crippen LogP contribution in [0.4, 0.5) is 16.2 Å². The number of carbonyl (C=O) groups is 1. The smallest absolute Gasteiger partial charge is 0.321 e. The molecule has 34 heavy (non-hydrogen) atoms. The van der Waals surface area contributed by atoms with E-state index in [1.807, 2.05) is 48.5 Å². The lowest BCUT2D eigenvalue weighted by Gasteiger charge is -2.19. The molecule has 0 fully saturated rings. The maximum atomic E-state index is 13.2. The number of pyridine rings is 1. The van der Waals surface area contributed by atoms with Crippen molar-refractivity contribution in [2.24, 2.45) is 0 Å². The van der Waals surface area contributed by atoms with Gasteiger partial charge in [0.05, 0.1) is 4.90 Å². The highest BCUT2D eigenvalue weighted by Gasteiger charge is 2.19. The summed E-state index contributed by atoms with van der Waals surface area (Å²) in [7, 11) is -2.18. The highest BCUT2D eigenvalue weighted by molar-refractivity contribution is 7.92. The van der Waals surface area contributed by atoms with Crippen molar-refractivity contribution in [1.29, 1.82) is 0 Å². The largest absolute Gasteiger partial charge is 0.334 e. The Labute approximate surface area is 199 Å². The Balaban J connectivity index is 1.46. The quantitative estimate of drug-likeness (QED) is 0.400. The zero-order chi connectivity index (χ0) is 24.0. The molecule has 1 heterocycles. The van der Waals surface area contributed by atoms with Gasteiger partial charge in [0.15, 0.2) is 0 Å². The molecule has 0 saturated carbocycles. The van der Waals surface area contributed by atoms with Crippen LogP contribution in [0, 0.1) is 0 Å². The lowest BCUT2D eigenvalue weighted by molar-refractivity contribution is 0.247. The van der Waals surface area contributed by atoms with Gasteiger partial charge in [-0.3, -0.25) is 14.6 Å². The number of carbonyl (C=O) groups excluding carboxylic acids is 1. The minimum absolute atomic E-state index is 0.192. The van der Waals surface area contributed by atoms with Crippen molar-refractivity contribution < 1.29 is 13.2 Å². The van der Waals surface area contributed by atoms with Crippen LogP contribution in [0.15, 0.2) is 108 Å². The molecule has 1 aromatic heterocycles. The summed E-state index contributed by atoms with van der Waals surface area (Å²) >= 11 is 0. The Morgan fingerprint density at radius 1 is 0.882 bits per heavy atom. The zero-order valence-electron chi connectivity index (χ0n) is 18.5. The van der Waals surface area contributed by atoms with E-state index in [-0.39, 0.29) is 10.9 Å². The van der Waals surface area contributed by atoms with Gasteiger partial charge in [0.1, 0.15) is 0 Å². The number of nitrogens with zero attached hydrogens (tertiary/aromatic N) is 2. The molecule has 4 rings (SSSR count). The fourth-order valence-corrected chi connectivity index (χ4v) is 4.73. The van der Waals surface area contributed by atoms with Crippen LogP contribution in [0.3, 0.4) is 0 Å². The van der Waals surface area contributed by atoms with Gasteiger partial charge in [0.25, 0.3) is 10.0 Å². The first-order chi connectivity index (χ1) is 16.4. The molecule has 0 aliphatic rings. The molecule has 0 saturated heterocycles. The third kappa shape index (κ3) is 5.41. The van der Waals surface area contributed by atoms with E-state index >= 15 is 0 Å². The van der Waals surface area contributed by atoms with Crippen molar-refractivity contribution >= 4 is 27.4 Å². The van der Waals surface area contributed by atoms with E-state index in [9.17, 15) is 13.2 Å². The van der Waals surface area contributed by atoms with Gasteiger partial charge >= 0.3 is 6.03 Å². The third-order valence-corrected chi connectivity index (χ3v) is 6.68. The number of aromatic nitrogens is 1. The van der Waals surface area contributed by atoms with E-state index in [1.54, 1.807) is 61.9 Å². The lowest BCUT2D eigenvalue weighted by atomic mass is 10.1. The van der Waals surface area contributed by atoms with Crippen molar-refractivity contribution in [3.63, 3.8) is 0 Å². The second-order valence-electron chi connectivity index (χ2n) is 7.59. The van der Waals surface area contributed by atoms with Crippen LogP contribution >= 0.6 is 0 Å². The Hall–Kier alpha value is -4.17. The Morgan fingerprint density at radius 3 is 2.29 bits per heavy atom. The van der Waals surface area contributed by atoms with Crippen LogP contribution in [0.25, 0.3) is 11.1 Å². The summed E-state index contributed by atoms with van der Waals surface area (Å²) < 4.78 is 28.9. The van der Waals surface area contributed by atoms with Crippen LogP contribution in [0.2, 0.25) is 0 Å². The molecule has 0 aliphatic carbocycles. The van der Waals surface area contributed by atoms with E-state index in [0.29, 0.717) is 23.5 Å². The first-order valence-corrected chi connectivity index (χ1v) is 12.1. The summed E-state index contributed by atoms with van der Waals surface area (Å²) in [5.74, 6) is 0. The van der Waals surface area contributed by atoms with Gasteiger partial charge < -0.3 is 5.32 Å². The van der Waals surface area contributed by atoms with Gasteiger partial charge in [-0.2, -0.15) is 0 Å². The lowest BCUT2D eigenvalue weighted by Crippen LogP contribution is -2.36. The van der Waals surface area contributed by atoms with Crippen LogP contribution < -0.4 is 14.9 Å². The topological polar surface area (TPSA) is 91.4 Å². The molecule has 8 heteroatoms. The maximum absolute atomic E-state index is 13.2. The van der Waals surface area contributed by atoms with E-state index in [0.717, 1.165) is 11.1 Å². The summed E-state index contributed by atoms with van der Waals surface area (Å²) in [5.41, 5.74) is 3.35. The number of sulfonamides is 1. The molecule has 0 bridgehead atoms. The number of hydrogen-bond donors (Lipinski definition) is 2. The van der Waals surface area contributed by atoms with E-state index in [1.165, 1.54) is 4.90 Å². The van der Waals surface area contributed by atoms with Gasteiger partial charge in [0, 0.05) is 42.9 Å². The van der Waals surface area contributed by atoms with E-state index in [4.69, 9.17) is 0 Å². The van der Waals surface area contributed by atoms with E-state index in [2.05, 4.69) is 15.0 Å². The van der Waals surface area contributed by atoms with Crippen LogP contribution in [0.5, 0.6) is 0 Å². The molecule has 0 aliphatic heterocycles. The summed E-state index contributed by atoms with van der Waals surface area (Å²) in [5, 5.41) is 2.83. The monoisotopic (exact) mass is 472 g/mol. The molecule has 0 spiro atoms. The summed E-state index contributed by atoms with van der Waals surface area (Å²) in [6.07, 6.45) is 3.37. The number of urea groups is 1. The van der Waals surface area contributed by atoms with Crippen molar-refractivity contribution in [2.45, 2.75) is 11.4 Å². The molecular weight excluding hydrogens is 448 g/mol. The van der Waals surface area contributed by atoms with Gasteiger partial charge in [-0.25, -0.2) is 13.2 Å². The third-order valence-electron chi connectivity index (χ3n) is 5.24. The fourth-order valence-electron chi connectivity index (χ4n) is 3.44. The predicted octanol–water partition coefficient (Wildman–Crippen LogP) is 4.90. The molecular formula is C26H24N4O3S. The van der Waals surface area contributed by atoms with Gasteiger partial charge in [0.2, 0.25) is 0 Å². The number of amides is 2. The van der Waals surface area contributed by atoms with Crippen molar-refractivity contribution in [3.8, 4) is 11.1 Å². The molecule has 172 valence electrons. The minimum atomic E-state index is -3.83. The van der Waals surface area contributed by atoms with Gasteiger partial charge in [-0.05, 0) is 47.5 Å². The molecule has 3 aromatic carbocycles. The average Bonchev–Trinajstić information content (AvgIpc) is 2.88. The first-order valence-electron chi connectivity index (χ1n) is 10.6. The van der Waals surface area contributed by atoms with Gasteiger partial charge in [-0.15, -0.1) is 0 Å². The van der Waals surface area contributed by atoms with E-state index < -0.39 is 10.0 Å². The number of nitrogens with one attached hydrogen (secondary N) is 2. The zero-order valence-corrected chi connectivity index (χ0v) is 19.4. The summed E-state index contributed by atoms with van der Waals surface area (Å²) in [6.45, 7) is 0.357. The Bertz CT molecular complexity index is 1360. The second kappa shape index (κ2) is 10.2. The second-order valence-corrected chi connectivity index (χ2v) is 9.24. The van der Waals surface area contributed by atoms with Crippen LogP contribution in [0.1, 0.15) is 5.56 Å².